The van der Waals surface area contributed by atoms with Gasteiger partial charge in [0, 0.05) is 37.7 Å². The smallest absolute Gasteiger partial charge is 0.0791 e. The summed E-state index contributed by atoms with van der Waals surface area (Å²) in [4.78, 5) is 3.74. The molecule has 0 spiro atoms. The molecule has 1 aromatic heterocycles. The number of aromatic nitrogens is 1. The largest absolute Gasteiger partial charge is 0.396 e. The quantitative estimate of drug-likeness (QED) is 0.880. The molecule has 2 rings (SSSR count). The summed E-state index contributed by atoms with van der Waals surface area (Å²) in [5.74, 6) is 0. The summed E-state index contributed by atoms with van der Waals surface area (Å²) in [5.41, 5.74) is 3.09. The van der Waals surface area contributed by atoms with Crippen LogP contribution < -0.4 is 0 Å². The van der Waals surface area contributed by atoms with Crippen molar-refractivity contribution in [2.45, 2.75) is 12.8 Å². The molecule has 0 aliphatic carbocycles. The fraction of sp³-hybridized carbons (Fsp3) is 0.250. The molecule has 0 amide bonds. The summed E-state index contributed by atoms with van der Waals surface area (Å²) in [5, 5.41) is 10.5. The van der Waals surface area contributed by atoms with Crippen LogP contribution >= 0.6 is 11.3 Å². The van der Waals surface area contributed by atoms with Crippen LogP contribution in [0.1, 0.15) is 12.0 Å². The van der Waals surface area contributed by atoms with Gasteiger partial charge in [0.2, 0.25) is 0 Å². The summed E-state index contributed by atoms with van der Waals surface area (Å²) >= 11 is 1.60. The van der Waals surface area contributed by atoms with Crippen molar-refractivity contribution < 1.29 is 24.6 Å². The Hall–Kier alpha value is -0.567. The summed E-state index contributed by atoms with van der Waals surface area (Å²) < 4.78 is 0. The zero-order valence-corrected chi connectivity index (χ0v) is 13.0. The molecule has 4 heteroatoms. The number of aliphatic hydroxyl groups is 1. The molecule has 0 saturated heterocycles. The van der Waals surface area contributed by atoms with Crippen molar-refractivity contribution in [3.63, 3.8) is 0 Å². The van der Waals surface area contributed by atoms with Crippen molar-refractivity contribution in [2.24, 2.45) is 0 Å². The fourth-order valence-electron chi connectivity index (χ4n) is 1.10. The van der Waals surface area contributed by atoms with Crippen LogP contribution in [0.25, 0.3) is 0 Å². The molecule has 16 heavy (non-hydrogen) atoms. The van der Waals surface area contributed by atoms with E-state index in [1.54, 1.807) is 23.0 Å². The van der Waals surface area contributed by atoms with Gasteiger partial charge in [-0.15, -0.1) is 11.3 Å². The molecule has 2 aromatic rings. The Labute approximate surface area is 113 Å². The average Bonchev–Trinajstić information content (AvgIpc) is 2.86. The zero-order chi connectivity index (χ0) is 10.8. The molecule has 0 unspecified atom stereocenters. The predicted octanol–water partition coefficient (Wildman–Crippen LogP) is 2.75. The molecular weight excluding hydrogens is 272 g/mol. The van der Waals surface area contributed by atoms with Crippen LogP contribution in [0, 0.1) is 0 Å². The number of aliphatic hydroxyl groups excluding tert-OH is 1. The van der Waals surface area contributed by atoms with Crippen molar-refractivity contribution in [3.05, 3.63) is 53.0 Å². The molecule has 0 atom stereocenters. The molecule has 2 nitrogen and oxygen atoms in total. The van der Waals surface area contributed by atoms with Crippen molar-refractivity contribution in [3.8, 4) is 0 Å². The minimum Gasteiger partial charge on any atom is -0.396 e. The van der Waals surface area contributed by atoms with Gasteiger partial charge >= 0.3 is 0 Å². The first-order valence-corrected chi connectivity index (χ1v) is 5.84. The van der Waals surface area contributed by atoms with Crippen LogP contribution in [-0.4, -0.2) is 16.7 Å². The van der Waals surface area contributed by atoms with E-state index in [2.05, 4.69) is 17.1 Å². The number of thiazole rings is 1. The molecule has 1 N–H and O–H groups in total. The molecule has 0 aliphatic heterocycles. The molecule has 0 aliphatic rings. The van der Waals surface area contributed by atoms with Crippen LogP contribution in [0.15, 0.2) is 47.4 Å². The number of nitrogens with zero attached hydrogens (tertiary/aromatic N) is 1. The first-order chi connectivity index (χ1) is 7.43. The van der Waals surface area contributed by atoms with Gasteiger partial charge in [-0.2, -0.15) is 0 Å². The zero-order valence-electron chi connectivity index (χ0n) is 9.25. The van der Waals surface area contributed by atoms with E-state index < -0.39 is 0 Å². The Balaban J connectivity index is 0.000000318. The Bertz CT molecular complexity index is 309. The van der Waals surface area contributed by atoms with Crippen LogP contribution in [0.4, 0.5) is 0 Å². The van der Waals surface area contributed by atoms with Gasteiger partial charge < -0.3 is 5.11 Å². The summed E-state index contributed by atoms with van der Waals surface area (Å²) in [7, 11) is 0. The van der Waals surface area contributed by atoms with Gasteiger partial charge in [0.25, 0.3) is 0 Å². The molecule has 0 radical (unpaired) electrons. The maximum Gasteiger partial charge on any atom is 0.0791 e. The van der Waals surface area contributed by atoms with E-state index in [9.17, 15) is 0 Å². The van der Waals surface area contributed by atoms with Crippen LogP contribution in [0.3, 0.4) is 0 Å². The standard InChI is InChI=1S/C9H12O.C3H3NS.Zn/c10-8-4-7-9-5-2-1-3-6-9;1-2-5-3-4-1;/h1-3,5-6,10H,4,7-8H2;1-3H;. The first-order valence-electron chi connectivity index (χ1n) is 4.90. The van der Waals surface area contributed by atoms with Gasteiger partial charge in [0.15, 0.2) is 0 Å². The van der Waals surface area contributed by atoms with Gasteiger partial charge in [-0.05, 0) is 18.4 Å². The molecular formula is C12H15NOSZn. The average molecular weight is 287 g/mol. The van der Waals surface area contributed by atoms with E-state index >= 15 is 0 Å². The number of hydrogen-bond acceptors (Lipinski definition) is 3. The second-order valence-electron chi connectivity index (χ2n) is 2.99. The monoisotopic (exact) mass is 285 g/mol. The van der Waals surface area contributed by atoms with Gasteiger partial charge in [0.1, 0.15) is 0 Å². The minimum atomic E-state index is 0. The maximum atomic E-state index is 8.53. The van der Waals surface area contributed by atoms with Crippen LogP contribution in [0.2, 0.25) is 0 Å². The number of rotatable bonds is 3. The summed E-state index contributed by atoms with van der Waals surface area (Å²) in [6.07, 6.45) is 3.62. The molecule has 0 saturated carbocycles. The van der Waals surface area contributed by atoms with E-state index in [-0.39, 0.29) is 26.1 Å². The van der Waals surface area contributed by atoms with Crippen molar-refractivity contribution in [1.29, 1.82) is 0 Å². The van der Waals surface area contributed by atoms with Gasteiger partial charge in [0.05, 0.1) is 5.51 Å². The number of aryl methyl sites for hydroxylation is 1. The van der Waals surface area contributed by atoms with E-state index in [1.165, 1.54) is 5.56 Å². The maximum absolute atomic E-state index is 8.53. The third-order valence-corrected chi connectivity index (χ3v) is 2.34. The second kappa shape index (κ2) is 10.9. The Kier molecular flexibility index (Phi) is 10.5. The van der Waals surface area contributed by atoms with Crippen molar-refractivity contribution in [1.82, 2.24) is 4.98 Å². The van der Waals surface area contributed by atoms with E-state index in [0.29, 0.717) is 0 Å². The molecule has 0 bridgehead atoms. The number of benzene rings is 1. The van der Waals surface area contributed by atoms with Crippen molar-refractivity contribution >= 4 is 11.3 Å². The first kappa shape index (κ1) is 15.4. The normalized spacial score (nSPS) is 8.56. The Morgan fingerprint density at radius 2 is 1.94 bits per heavy atom. The van der Waals surface area contributed by atoms with Gasteiger partial charge in [-0.3, -0.25) is 4.98 Å². The van der Waals surface area contributed by atoms with Gasteiger partial charge in [-0.1, -0.05) is 30.3 Å². The molecule has 1 heterocycles. The SMILES string of the molecule is OCCCc1ccccc1.[Zn].c1cscn1. The van der Waals surface area contributed by atoms with E-state index in [1.807, 2.05) is 23.6 Å². The third kappa shape index (κ3) is 7.69. The molecule has 82 valence electrons. The van der Waals surface area contributed by atoms with Crippen LogP contribution in [-0.2, 0) is 25.9 Å². The number of hydrogen-bond donors (Lipinski definition) is 1. The molecule has 0 fully saturated rings. The third-order valence-electron chi connectivity index (χ3n) is 1.81. The Morgan fingerprint density at radius 1 is 1.19 bits per heavy atom. The topological polar surface area (TPSA) is 33.1 Å². The van der Waals surface area contributed by atoms with E-state index in [0.717, 1.165) is 12.8 Å². The Morgan fingerprint density at radius 3 is 2.38 bits per heavy atom. The van der Waals surface area contributed by atoms with Crippen LogP contribution in [0.5, 0.6) is 0 Å². The van der Waals surface area contributed by atoms with Crippen molar-refractivity contribution in [2.75, 3.05) is 6.61 Å². The minimum absolute atomic E-state index is 0. The summed E-state index contributed by atoms with van der Waals surface area (Å²) in [6.45, 7) is 0.287. The fourth-order valence-corrected chi connectivity index (χ4v) is 1.45. The second-order valence-corrected chi connectivity index (χ2v) is 3.74. The van der Waals surface area contributed by atoms with E-state index in [4.69, 9.17) is 5.11 Å². The molecule has 1 aromatic carbocycles. The van der Waals surface area contributed by atoms with Gasteiger partial charge in [-0.25, -0.2) is 0 Å². The predicted molar refractivity (Wildman–Crippen MR) is 64.0 cm³/mol. The summed E-state index contributed by atoms with van der Waals surface area (Å²) in [6, 6.07) is 10.2.